The zero-order valence-corrected chi connectivity index (χ0v) is 11.5. The molecule has 0 aliphatic rings. The van der Waals surface area contributed by atoms with Crippen LogP contribution in [-0.2, 0) is 14.3 Å². The van der Waals surface area contributed by atoms with Crippen LogP contribution in [0.4, 0.5) is 5.69 Å². The van der Waals surface area contributed by atoms with Gasteiger partial charge >= 0.3 is 5.97 Å². The van der Waals surface area contributed by atoms with Crippen molar-refractivity contribution < 1.29 is 19.0 Å². The van der Waals surface area contributed by atoms with Crippen molar-refractivity contribution in [1.82, 2.24) is 0 Å². The summed E-state index contributed by atoms with van der Waals surface area (Å²) in [4.78, 5) is 15.8. The second kappa shape index (κ2) is 8.13. The number of aliphatic imine (C=N–C) groups is 1. The molecule has 0 heterocycles. The smallest absolute Gasteiger partial charge is 0.315 e. The predicted molar refractivity (Wildman–Crippen MR) is 73.0 cm³/mol. The molecule has 0 unspecified atom stereocenters. The van der Waals surface area contributed by atoms with Crippen molar-refractivity contribution in [3.63, 3.8) is 0 Å². The molecule has 0 bridgehead atoms. The number of carbonyl (C=O) groups excluding carboxylic acids is 1. The normalized spacial score (nSPS) is 11.0. The van der Waals surface area contributed by atoms with Crippen LogP contribution in [0.5, 0.6) is 5.75 Å². The van der Waals surface area contributed by atoms with E-state index in [0.717, 1.165) is 0 Å². The summed E-state index contributed by atoms with van der Waals surface area (Å²) < 4.78 is 15.4. The van der Waals surface area contributed by atoms with Gasteiger partial charge in [0.25, 0.3) is 0 Å². The van der Waals surface area contributed by atoms with E-state index in [0.29, 0.717) is 30.5 Å². The van der Waals surface area contributed by atoms with Gasteiger partial charge in [-0.1, -0.05) is 12.1 Å². The monoisotopic (exact) mass is 265 g/mol. The third-order valence-electron chi connectivity index (χ3n) is 2.24. The average molecular weight is 265 g/mol. The maximum absolute atomic E-state index is 11.5. The number of nitrogens with zero attached hydrogens (tertiary/aromatic N) is 1. The SMILES string of the molecule is CCOC(=O)CC(=Nc1ccccc1OC)OCC. The molecule has 0 N–H and O–H groups in total. The Kier molecular flexibility index (Phi) is 6.43. The Morgan fingerprint density at radius 1 is 1.16 bits per heavy atom. The Labute approximate surface area is 113 Å². The number of para-hydroxylation sites is 2. The maximum atomic E-state index is 11.5. The first-order chi connectivity index (χ1) is 9.21. The number of carbonyl (C=O) groups is 1. The first-order valence-electron chi connectivity index (χ1n) is 6.20. The van der Waals surface area contributed by atoms with E-state index in [-0.39, 0.29) is 12.4 Å². The lowest BCUT2D eigenvalue weighted by Crippen LogP contribution is -2.14. The molecule has 0 atom stereocenters. The number of ether oxygens (including phenoxy) is 3. The van der Waals surface area contributed by atoms with Crippen LogP contribution in [-0.4, -0.2) is 32.2 Å². The lowest BCUT2D eigenvalue weighted by molar-refractivity contribution is -0.141. The molecule has 0 saturated heterocycles. The molecule has 5 heteroatoms. The molecule has 5 nitrogen and oxygen atoms in total. The van der Waals surface area contributed by atoms with Gasteiger partial charge in [-0.3, -0.25) is 4.79 Å². The molecule has 1 aromatic carbocycles. The summed E-state index contributed by atoms with van der Waals surface area (Å²) in [7, 11) is 1.57. The highest BCUT2D eigenvalue weighted by Crippen LogP contribution is 2.26. The first kappa shape index (κ1) is 15.0. The highest BCUT2D eigenvalue weighted by atomic mass is 16.5. The van der Waals surface area contributed by atoms with E-state index in [1.54, 1.807) is 26.2 Å². The van der Waals surface area contributed by atoms with Crippen molar-refractivity contribution in [2.45, 2.75) is 20.3 Å². The van der Waals surface area contributed by atoms with Crippen LogP contribution in [0.25, 0.3) is 0 Å². The highest BCUT2D eigenvalue weighted by molar-refractivity contribution is 5.95. The van der Waals surface area contributed by atoms with Gasteiger partial charge < -0.3 is 14.2 Å². The number of hydrogen-bond donors (Lipinski definition) is 0. The lowest BCUT2D eigenvalue weighted by atomic mass is 10.3. The first-order valence-corrected chi connectivity index (χ1v) is 6.20. The van der Waals surface area contributed by atoms with Crippen molar-refractivity contribution in [3.05, 3.63) is 24.3 Å². The Hall–Kier alpha value is -2.04. The number of rotatable bonds is 6. The Bertz CT molecular complexity index is 443. The van der Waals surface area contributed by atoms with Crippen molar-refractivity contribution in [1.29, 1.82) is 0 Å². The van der Waals surface area contributed by atoms with Gasteiger partial charge in [-0.05, 0) is 26.0 Å². The Morgan fingerprint density at radius 2 is 1.84 bits per heavy atom. The summed E-state index contributed by atoms with van der Waals surface area (Å²) in [6.45, 7) is 4.37. The third kappa shape index (κ3) is 4.99. The lowest BCUT2D eigenvalue weighted by Gasteiger charge is -2.09. The van der Waals surface area contributed by atoms with Gasteiger partial charge in [-0.2, -0.15) is 0 Å². The quantitative estimate of drug-likeness (QED) is 0.451. The number of benzene rings is 1. The van der Waals surface area contributed by atoms with Crippen LogP contribution in [0.2, 0.25) is 0 Å². The Balaban J connectivity index is 2.90. The van der Waals surface area contributed by atoms with Crippen LogP contribution in [0.3, 0.4) is 0 Å². The standard InChI is InChI=1S/C14H19NO4/c1-4-18-13(10-14(16)19-5-2)15-11-8-6-7-9-12(11)17-3/h6-9H,4-5,10H2,1-3H3. The van der Waals surface area contributed by atoms with Gasteiger partial charge in [0.1, 0.15) is 17.9 Å². The van der Waals surface area contributed by atoms with Crippen LogP contribution in [0.1, 0.15) is 20.3 Å². The molecule has 1 rings (SSSR count). The molecular formula is C14H19NO4. The minimum absolute atomic E-state index is 0.0136. The minimum atomic E-state index is -0.357. The molecule has 0 amide bonds. The van der Waals surface area contributed by atoms with Gasteiger partial charge in [0.05, 0.1) is 20.3 Å². The molecule has 19 heavy (non-hydrogen) atoms. The van der Waals surface area contributed by atoms with Crippen LogP contribution in [0, 0.1) is 0 Å². The summed E-state index contributed by atoms with van der Waals surface area (Å²) in [6.07, 6.45) is 0.0136. The zero-order valence-electron chi connectivity index (χ0n) is 11.5. The molecule has 0 saturated carbocycles. The van der Waals surface area contributed by atoms with Gasteiger partial charge in [-0.25, -0.2) is 4.99 Å². The van der Waals surface area contributed by atoms with Gasteiger partial charge in [0.15, 0.2) is 5.90 Å². The van der Waals surface area contributed by atoms with Crippen molar-refractivity contribution in [3.8, 4) is 5.75 Å². The van der Waals surface area contributed by atoms with E-state index in [1.165, 1.54) is 0 Å². The van der Waals surface area contributed by atoms with Crippen molar-refractivity contribution in [2.75, 3.05) is 20.3 Å². The number of hydrogen-bond acceptors (Lipinski definition) is 5. The molecule has 0 radical (unpaired) electrons. The van der Waals surface area contributed by atoms with Crippen LogP contribution < -0.4 is 4.74 Å². The van der Waals surface area contributed by atoms with Crippen molar-refractivity contribution in [2.24, 2.45) is 4.99 Å². The summed E-state index contributed by atoms with van der Waals surface area (Å²) in [5.74, 6) is 0.596. The predicted octanol–water partition coefficient (Wildman–Crippen LogP) is 2.71. The number of methoxy groups -OCH3 is 1. The molecule has 0 aliphatic heterocycles. The molecule has 104 valence electrons. The molecule has 1 aromatic rings. The minimum Gasteiger partial charge on any atom is -0.494 e. The second-order valence-electron chi connectivity index (χ2n) is 3.59. The fraction of sp³-hybridized carbons (Fsp3) is 0.429. The van der Waals surface area contributed by atoms with E-state index < -0.39 is 0 Å². The zero-order chi connectivity index (χ0) is 14.1. The molecule has 0 aliphatic carbocycles. The van der Waals surface area contributed by atoms with E-state index in [9.17, 15) is 4.79 Å². The highest BCUT2D eigenvalue weighted by Gasteiger charge is 2.11. The topological polar surface area (TPSA) is 57.1 Å². The largest absolute Gasteiger partial charge is 0.494 e. The van der Waals surface area contributed by atoms with Gasteiger partial charge in [-0.15, -0.1) is 0 Å². The van der Waals surface area contributed by atoms with E-state index >= 15 is 0 Å². The Morgan fingerprint density at radius 3 is 2.47 bits per heavy atom. The molecular weight excluding hydrogens is 246 g/mol. The van der Waals surface area contributed by atoms with E-state index in [1.807, 2.05) is 19.1 Å². The van der Waals surface area contributed by atoms with Crippen molar-refractivity contribution >= 4 is 17.6 Å². The summed E-state index contributed by atoms with van der Waals surface area (Å²) in [5, 5.41) is 0. The molecule has 0 aromatic heterocycles. The average Bonchev–Trinajstić information content (AvgIpc) is 2.40. The summed E-state index contributed by atoms with van der Waals surface area (Å²) >= 11 is 0. The summed E-state index contributed by atoms with van der Waals surface area (Å²) in [6, 6.07) is 7.29. The fourth-order valence-corrected chi connectivity index (χ4v) is 1.48. The van der Waals surface area contributed by atoms with Crippen LogP contribution >= 0.6 is 0 Å². The molecule has 0 spiro atoms. The summed E-state index contributed by atoms with van der Waals surface area (Å²) in [5.41, 5.74) is 0.623. The van der Waals surface area contributed by atoms with Crippen LogP contribution in [0.15, 0.2) is 29.3 Å². The third-order valence-corrected chi connectivity index (χ3v) is 2.24. The maximum Gasteiger partial charge on any atom is 0.315 e. The van der Waals surface area contributed by atoms with Gasteiger partial charge in [0.2, 0.25) is 0 Å². The van der Waals surface area contributed by atoms with Gasteiger partial charge in [0, 0.05) is 0 Å². The molecule has 0 fully saturated rings. The second-order valence-corrected chi connectivity index (χ2v) is 3.59. The fourth-order valence-electron chi connectivity index (χ4n) is 1.48. The van der Waals surface area contributed by atoms with E-state index in [2.05, 4.69) is 4.99 Å². The van der Waals surface area contributed by atoms with E-state index in [4.69, 9.17) is 14.2 Å². The number of esters is 1.